The Morgan fingerprint density at radius 1 is 1.18 bits per heavy atom. The summed E-state index contributed by atoms with van der Waals surface area (Å²) in [5, 5.41) is 6.31. The first-order valence-electron chi connectivity index (χ1n) is 13.5. The van der Waals surface area contributed by atoms with E-state index in [1.54, 1.807) is 18.1 Å². The lowest BCUT2D eigenvalue weighted by molar-refractivity contribution is -0.145. The van der Waals surface area contributed by atoms with Crippen molar-refractivity contribution in [2.24, 2.45) is 17.8 Å². The van der Waals surface area contributed by atoms with Crippen molar-refractivity contribution in [2.45, 2.75) is 44.2 Å². The minimum Gasteiger partial charge on any atom is -0.496 e. The van der Waals surface area contributed by atoms with Crippen LogP contribution in [0.5, 0.6) is 5.75 Å². The number of methoxy groups -OCH3 is 1. The molecule has 3 heterocycles. The third kappa shape index (κ3) is 4.97. The molecule has 1 aromatic heterocycles. The van der Waals surface area contributed by atoms with Gasteiger partial charge >= 0.3 is 0 Å². The summed E-state index contributed by atoms with van der Waals surface area (Å²) in [7, 11) is 4.51. The predicted octanol–water partition coefficient (Wildman–Crippen LogP) is 1.09. The number of carbonyl (C=O) groups is 5. The van der Waals surface area contributed by atoms with Crippen LogP contribution in [0.1, 0.15) is 42.6 Å². The Balaban J connectivity index is 1.41. The van der Waals surface area contributed by atoms with Crippen LogP contribution in [0.15, 0.2) is 24.3 Å². The van der Waals surface area contributed by atoms with Gasteiger partial charge in [-0.05, 0) is 55.7 Å². The van der Waals surface area contributed by atoms with E-state index in [0.717, 1.165) is 30.2 Å². The lowest BCUT2D eigenvalue weighted by Crippen LogP contribution is -2.55. The molecule has 39 heavy (non-hydrogen) atoms. The highest BCUT2D eigenvalue weighted by Gasteiger charge is 2.50. The second-order valence-corrected chi connectivity index (χ2v) is 11.0. The molecule has 4 amide bonds. The van der Waals surface area contributed by atoms with Gasteiger partial charge in [0.15, 0.2) is 0 Å². The summed E-state index contributed by atoms with van der Waals surface area (Å²) in [6.07, 6.45) is 3.24. The molecule has 5 atom stereocenters. The maximum absolute atomic E-state index is 13.9. The number of Topliss-reactive ketones (excluding diaryl/α,β-unsaturated/α-hetero) is 1. The molecule has 2 aromatic rings. The van der Waals surface area contributed by atoms with Crippen molar-refractivity contribution in [2.75, 3.05) is 34.3 Å². The Hall–Kier alpha value is -3.89. The Morgan fingerprint density at radius 2 is 1.97 bits per heavy atom. The Morgan fingerprint density at radius 3 is 2.67 bits per heavy atom. The number of nitrogens with zero attached hydrogens (tertiary/aromatic N) is 2. The van der Waals surface area contributed by atoms with E-state index in [-0.39, 0.29) is 30.1 Å². The van der Waals surface area contributed by atoms with Crippen LogP contribution in [0, 0.1) is 17.8 Å². The first-order chi connectivity index (χ1) is 18.7. The first kappa shape index (κ1) is 26.7. The number of ketones is 1. The molecule has 0 bridgehead atoms. The normalized spacial score (nSPS) is 24.8. The van der Waals surface area contributed by atoms with Gasteiger partial charge in [-0.3, -0.25) is 24.0 Å². The highest BCUT2D eigenvalue weighted by atomic mass is 16.5. The first-order valence-corrected chi connectivity index (χ1v) is 13.5. The number of hydrogen-bond donors (Lipinski definition) is 3. The molecule has 3 aliphatic rings. The summed E-state index contributed by atoms with van der Waals surface area (Å²) in [5.74, 6) is -2.17. The van der Waals surface area contributed by atoms with Gasteiger partial charge in [0.2, 0.25) is 17.6 Å². The average Bonchev–Trinajstić information content (AvgIpc) is 3.70. The number of aromatic nitrogens is 1. The van der Waals surface area contributed by atoms with Crippen molar-refractivity contribution >= 4 is 40.3 Å². The molecule has 3 fully saturated rings. The van der Waals surface area contributed by atoms with Crippen LogP contribution in [-0.4, -0.2) is 90.6 Å². The summed E-state index contributed by atoms with van der Waals surface area (Å²) < 4.78 is 5.43. The third-order valence-corrected chi connectivity index (χ3v) is 8.43. The van der Waals surface area contributed by atoms with Crippen molar-refractivity contribution in [3.8, 4) is 5.75 Å². The van der Waals surface area contributed by atoms with Gasteiger partial charge in [0.25, 0.3) is 11.8 Å². The van der Waals surface area contributed by atoms with Crippen molar-refractivity contribution in [3.63, 3.8) is 0 Å². The Labute approximate surface area is 226 Å². The minimum absolute atomic E-state index is 0.0343. The number of nitrogens with one attached hydrogen (secondary N) is 3. The monoisotopic (exact) mass is 537 g/mol. The number of fused-ring (bicyclic) bond motifs is 2. The predicted molar refractivity (Wildman–Crippen MR) is 142 cm³/mol. The largest absolute Gasteiger partial charge is 0.496 e. The Bertz CT molecular complexity index is 1320. The number of amides is 4. The number of likely N-dealkylation sites (N-methyl/N-ethyl adjacent to an activating group) is 1. The van der Waals surface area contributed by atoms with E-state index in [0.29, 0.717) is 31.0 Å². The molecule has 2 aliphatic heterocycles. The topological polar surface area (TPSA) is 141 Å². The molecule has 208 valence electrons. The smallest absolute Gasteiger partial charge is 0.291 e. The molecule has 5 unspecified atom stereocenters. The summed E-state index contributed by atoms with van der Waals surface area (Å²) in [6, 6.07) is 5.31. The summed E-state index contributed by atoms with van der Waals surface area (Å²) >= 11 is 0. The minimum atomic E-state index is -1.16. The van der Waals surface area contributed by atoms with E-state index in [1.165, 1.54) is 19.0 Å². The zero-order valence-electron chi connectivity index (χ0n) is 22.5. The lowest BCUT2D eigenvalue weighted by Gasteiger charge is -2.29. The molecule has 2 saturated heterocycles. The Kier molecular flexibility index (Phi) is 7.33. The molecule has 0 radical (unpaired) electrons. The standard InChI is InChI=1S/C28H35N5O6/c1-32(2)28(38)24(34)20(12-15-10-11-29-25(15)35)31-26(36)23-17-7-4-6-16(17)14-33(23)27(37)21-13-18-19(30-21)8-5-9-22(18)39-3/h5,8-9,13,15-17,20,23,30H,4,6-7,10-12,14H2,1-3H3,(H,29,35)(H,31,36). The van der Waals surface area contributed by atoms with Crippen LogP contribution in [-0.2, 0) is 19.2 Å². The van der Waals surface area contributed by atoms with Crippen molar-refractivity contribution in [1.29, 1.82) is 0 Å². The van der Waals surface area contributed by atoms with Crippen molar-refractivity contribution in [1.82, 2.24) is 25.4 Å². The second-order valence-electron chi connectivity index (χ2n) is 11.0. The number of H-pyrrole nitrogens is 1. The SMILES string of the molecule is COc1cccc2[nH]c(C(=O)N3CC4CCCC4C3C(=O)NC(CC3CCNC3=O)C(=O)C(=O)N(C)C)cc12. The van der Waals surface area contributed by atoms with E-state index >= 15 is 0 Å². The summed E-state index contributed by atoms with van der Waals surface area (Å²) in [6.45, 7) is 0.929. The van der Waals surface area contributed by atoms with Crippen LogP contribution < -0.4 is 15.4 Å². The van der Waals surface area contributed by atoms with Gasteiger partial charge in [-0.1, -0.05) is 12.5 Å². The van der Waals surface area contributed by atoms with E-state index in [4.69, 9.17) is 4.74 Å². The number of carbonyl (C=O) groups excluding carboxylic acids is 5. The number of rotatable bonds is 8. The molecule has 1 aliphatic carbocycles. The fraction of sp³-hybridized carbons (Fsp3) is 0.536. The fourth-order valence-corrected chi connectivity index (χ4v) is 6.44. The van der Waals surface area contributed by atoms with Crippen LogP contribution in [0.3, 0.4) is 0 Å². The zero-order chi connectivity index (χ0) is 27.8. The van der Waals surface area contributed by atoms with Gasteiger partial charge < -0.3 is 30.2 Å². The maximum atomic E-state index is 13.9. The number of hydrogen-bond acceptors (Lipinski definition) is 6. The van der Waals surface area contributed by atoms with Crippen LogP contribution >= 0.6 is 0 Å². The average molecular weight is 538 g/mol. The van der Waals surface area contributed by atoms with Gasteiger partial charge in [-0.15, -0.1) is 0 Å². The third-order valence-electron chi connectivity index (χ3n) is 8.43. The van der Waals surface area contributed by atoms with E-state index < -0.39 is 35.6 Å². The van der Waals surface area contributed by atoms with Crippen molar-refractivity contribution < 1.29 is 28.7 Å². The highest BCUT2D eigenvalue weighted by Crippen LogP contribution is 2.43. The van der Waals surface area contributed by atoms with Crippen LogP contribution in [0.25, 0.3) is 10.9 Å². The molecule has 0 spiro atoms. The zero-order valence-corrected chi connectivity index (χ0v) is 22.5. The van der Waals surface area contributed by atoms with Gasteiger partial charge in [0, 0.05) is 44.0 Å². The number of ether oxygens (including phenoxy) is 1. The molecular weight excluding hydrogens is 502 g/mol. The van der Waals surface area contributed by atoms with E-state index in [2.05, 4.69) is 15.6 Å². The quantitative estimate of drug-likeness (QED) is 0.431. The molecule has 5 rings (SSSR count). The fourth-order valence-electron chi connectivity index (χ4n) is 6.44. The molecule has 11 nitrogen and oxygen atoms in total. The molecule has 1 aromatic carbocycles. The van der Waals surface area contributed by atoms with Crippen LogP contribution in [0.4, 0.5) is 0 Å². The lowest BCUT2D eigenvalue weighted by atomic mass is 9.91. The number of likely N-dealkylation sites (tertiary alicyclic amines) is 1. The molecule has 1 saturated carbocycles. The van der Waals surface area contributed by atoms with Crippen LogP contribution in [0.2, 0.25) is 0 Å². The molecular formula is C28H35N5O6. The number of benzene rings is 1. The van der Waals surface area contributed by atoms with E-state index in [9.17, 15) is 24.0 Å². The van der Waals surface area contributed by atoms with Crippen molar-refractivity contribution in [3.05, 3.63) is 30.0 Å². The summed E-state index contributed by atoms with van der Waals surface area (Å²) in [5.41, 5.74) is 1.10. The second kappa shape index (κ2) is 10.7. The van der Waals surface area contributed by atoms with Gasteiger partial charge in [-0.25, -0.2) is 0 Å². The highest BCUT2D eigenvalue weighted by molar-refractivity contribution is 6.38. The van der Waals surface area contributed by atoms with Gasteiger partial charge in [0.05, 0.1) is 13.2 Å². The van der Waals surface area contributed by atoms with Gasteiger partial charge in [-0.2, -0.15) is 0 Å². The van der Waals surface area contributed by atoms with E-state index in [1.807, 2.05) is 18.2 Å². The number of aromatic amines is 1. The maximum Gasteiger partial charge on any atom is 0.291 e. The van der Waals surface area contributed by atoms with Gasteiger partial charge in [0.1, 0.15) is 17.5 Å². The summed E-state index contributed by atoms with van der Waals surface area (Å²) in [4.78, 5) is 71.5. The molecule has 3 N–H and O–H groups in total. The molecule has 11 heteroatoms.